The van der Waals surface area contributed by atoms with Gasteiger partial charge >= 0.3 is 0 Å². The molecule has 10 heteroatoms. The second kappa shape index (κ2) is 14.9. The van der Waals surface area contributed by atoms with Crippen molar-refractivity contribution in [1.82, 2.24) is 10.2 Å². The number of halogens is 1. The van der Waals surface area contributed by atoms with Crippen LogP contribution in [0, 0.1) is 0 Å². The molecule has 8 nitrogen and oxygen atoms in total. The van der Waals surface area contributed by atoms with Gasteiger partial charge in [0.25, 0.3) is 10.0 Å². The van der Waals surface area contributed by atoms with Crippen LogP contribution in [0.25, 0.3) is 0 Å². The molecule has 0 aromatic heterocycles. The van der Waals surface area contributed by atoms with Crippen molar-refractivity contribution in [2.75, 3.05) is 18.0 Å². The van der Waals surface area contributed by atoms with Crippen LogP contribution >= 0.6 is 11.6 Å². The Hall–Kier alpha value is -4.34. The molecule has 4 rings (SSSR count). The van der Waals surface area contributed by atoms with Crippen LogP contribution in [0.1, 0.15) is 25.0 Å². The Morgan fingerprint density at radius 1 is 0.841 bits per heavy atom. The first kappa shape index (κ1) is 32.6. The van der Waals surface area contributed by atoms with Crippen LogP contribution in [0.15, 0.2) is 114 Å². The molecular formula is C34H36ClN3O5S. The number of hydrogen-bond acceptors (Lipinski definition) is 5. The normalized spacial score (nSPS) is 11.9. The fourth-order valence-electron chi connectivity index (χ4n) is 4.75. The van der Waals surface area contributed by atoms with Gasteiger partial charge in [0.1, 0.15) is 18.3 Å². The van der Waals surface area contributed by atoms with Crippen LogP contribution in [0.5, 0.6) is 5.75 Å². The average Bonchev–Trinajstić information content (AvgIpc) is 3.02. The average molecular weight is 634 g/mol. The molecule has 2 amide bonds. The molecule has 0 unspecified atom stereocenters. The molecule has 0 radical (unpaired) electrons. The summed E-state index contributed by atoms with van der Waals surface area (Å²) < 4.78 is 34.4. The lowest BCUT2D eigenvalue weighted by Gasteiger charge is -2.34. The van der Waals surface area contributed by atoms with Gasteiger partial charge in [0, 0.05) is 24.0 Å². The van der Waals surface area contributed by atoms with Crippen molar-refractivity contribution >= 4 is 39.1 Å². The number of ether oxygens (including phenoxy) is 1. The van der Waals surface area contributed by atoms with Crippen molar-refractivity contribution in [3.05, 3.63) is 125 Å². The predicted octanol–water partition coefficient (Wildman–Crippen LogP) is 5.71. The standard InChI is InChI=1S/C34H36ClN3O5S/c1-25(2)36-34(40)32(21-26-11-6-4-7-12-26)37(23-27-13-8-5-9-14-27)33(39)24-38(29-16-10-15-28(35)22-29)44(41,42)31-19-17-30(43-3)18-20-31/h4-20,22,25,32H,21,23-24H2,1-3H3,(H,36,40)/t32-/m1/s1. The first-order valence-electron chi connectivity index (χ1n) is 14.2. The van der Waals surface area contributed by atoms with Crippen LogP contribution in [-0.4, -0.2) is 50.9 Å². The summed E-state index contributed by atoms with van der Waals surface area (Å²) in [7, 11) is -2.76. The number of amides is 2. The number of sulfonamides is 1. The van der Waals surface area contributed by atoms with Gasteiger partial charge in [0.2, 0.25) is 11.8 Å². The Bertz CT molecular complexity index is 1650. The SMILES string of the molecule is COc1ccc(S(=O)(=O)N(CC(=O)N(Cc2ccccc2)[C@H](Cc2ccccc2)C(=O)NC(C)C)c2cccc(Cl)c2)cc1. The Kier molecular flexibility index (Phi) is 11.0. The first-order chi connectivity index (χ1) is 21.1. The molecule has 4 aromatic rings. The highest BCUT2D eigenvalue weighted by Gasteiger charge is 2.35. The molecular weight excluding hydrogens is 598 g/mol. The van der Waals surface area contributed by atoms with E-state index < -0.39 is 28.5 Å². The van der Waals surface area contributed by atoms with Crippen LogP contribution in [-0.2, 0) is 32.6 Å². The van der Waals surface area contributed by atoms with E-state index in [0.29, 0.717) is 10.8 Å². The lowest BCUT2D eigenvalue weighted by molar-refractivity contribution is -0.140. The number of rotatable bonds is 13. The van der Waals surface area contributed by atoms with Crippen molar-refractivity contribution in [3.8, 4) is 5.75 Å². The number of nitrogens with zero attached hydrogens (tertiary/aromatic N) is 2. The minimum atomic E-state index is -4.25. The number of hydrogen-bond donors (Lipinski definition) is 1. The quantitative estimate of drug-likeness (QED) is 0.204. The van der Waals surface area contributed by atoms with E-state index in [-0.39, 0.29) is 35.5 Å². The molecule has 0 aliphatic carbocycles. The van der Waals surface area contributed by atoms with Gasteiger partial charge in [0.05, 0.1) is 17.7 Å². The molecule has 1 N–H and O–H groups in total. The summed E-state index contributed by atoms with van der Waals surface area (Å²) in [5.41, 5.74) is 1.87. The Morgan fingerprint density at radius 3 is 2.02 bits per heavy atom. The molecule has 4 aromatic carbocycles. The zero-order valence-electron chi connectivity index (χ0n) is 24.9. The molecule has 0 aliphatic rings. The number of carbonyl (C=O) groups is 2. The maximum Gasteiger partial charge on any atom is 0.264 e. The Morgan fingerprint density at radius 2 is 1.45 bits per heavy atom. The lowest BCUT2D eigenvalue weighted by Crippen LogP contribution is -2.54. The summed E-state index contributed by atoms with van der Waals surface area (Å²) in [4.78, 5) is 29.5. The highest BCUT2D eigenvalue weighted by molar-refractivity contribution is 7.92. The number of carbonyl (C=O) groups excluding carboxylic acids is 2. The maximum atomic E-state index is 14.4. The second-order valence-electron chi connectivity index (χ2n) is 10.5. The smallest absolute Gasteiger partial charge is 0.264 e. The van der Waals surface area contributed by atoms with Crippen LogP contribution in [0.3, 0.4) is 0 Å². The lowest BCUT2D eigenvalue weighted by atomic mass is 10.0. The van der Waals surface area contributed by atoms with Gasteiger partial charge in [-0.05, 0) is 67.4 Å². The van der Waals surface area contributed by atoms with Gasteiger partial charge in [-0.15, -0.1) is 0 Å². The molecule has 1 atom stereocenters. The summed E-state index contributed by atoms with van der Waals surface area (Å²) in [6, 6.07) is 29.9. The van der Waals surface area contributed by atoms with Crippen LogP contribution in [0.4, 0.5) is 5.69 Å². The van der Waals surface area contributed by atoms with Gasteiger partial charge in [-0.2, -0.15) is 0 Å². The Labute approximate surface area is 264 Å². The zero-order valence-corrected chi connectivity index (χ0v) is 26.5. The van der Waals surface area contributed by atoms with Crippen molar-refractivity contribution < 1.29 is 22.7 Å². The highest BCUT2D eigenvalue weighted by atomic mass is 35.5. The number of methoxy groups -OCH3 is 1. The third kappa shape index (κ3) is 8.39. The minimum absolute atomic E-state index is 0.0286. The van der Waals surface area contributed by atoms with Gasteiger partial charge in [-0.1, -0.05) is 78.3 Å². The number of anilines is 1. The van der Waals surface area contributed by atoms with Crippen LogP contribution < -0.4 is 14.4 Å². The minimum Gasteiger partial charge on any atom is -0.497 e. The fraction of sp³-hybridized carbons (Fsp3) is 0.235. The van der Waals surface area contributed by atoms with E-state index in [0.717, 1.165) is 15.4 Å². The largest absolute Gasteiger partial charge is 0.497 e. The van der Waals surface area contributed by atoms with E-state index in [2.05, 4.69) is 5.32 Å². The number of nitrogens with one attached hydrogen (secondary N) is 1. The highest BCUT2D eigenvalue weighted by Crippen LogP contribution is 2.28. The molecule has 0 saturated heterocycles. The summed E-state index contributed by atoms with van der Waals surface area (Å²) >= 11 is 6.28. The van der Waals surface area contributed by atoms with E-state index in [1.54, 1.807) is 30.3 Å². The van der Waals surface area contributed by atoms with Crippen molar-refractivity contribution in [2.24, 2.45) is 0 Å². The summed E-state index contributed by atoms with van der Waals surface area (Å²) in [6.07, 6.45) is 0.236. The maximum absolute atomic E-state index is 14.4. The third-order valence-electron chi connectivity index (χ3n) is 6.92. The molecule has 0 fully saturated rings. The topological polar surface area (TPSA) is 96.0 Å². The van der Waals surface area contributed by atoms with Crippen molar-refractivity contribution in [1.29, 1.82) is 0 Å². The molecule has 0 bridgehead atoms. The molecule has 0 aliphatic heterocycles. The van der Waals surface area contributed by atoms with Gasteiger partial charge < -0.3 is 15.0 Å². The zero-order chi connectivity index (χ0) is 31.7. The van der Waals surface area contributed by atoms with E-state index in [1.807, 2.05) is 74.5 Å². The number of benzene rings is 4. The Balaban J connectivity index is 1.79. The van der Waals surface area contributed by atoms with E-state index in [4.69, 9.17) is 16.3 Å². The summed E-state index contributed by atoms with van der Waals surface area (Å²) in [5, 5.41) is 3.26. The molecule has 230 valence electrons. The van der Waals surface area contributed by atoms with E-state index >= 15 is 0 Å². The van der Waals surface area contributed by atoms with E-state index in [9.17, 15) is 18.0 Å². The summed E-state index contributed by atoms with van der Waals surface area (Å²) in [5.74, 6) is -0.394. The molecule has 0 spiro atoms. The van der Waals surface area contributed by atoms with Crippen molar-refractivity contribution in [2.45, 2.75) is 43.8 Å². The van der Waals surface area contributed by atoms with Gasteiger partial charge in [-0.3, -0.25) is 13.9 Å². The first-order valence-corrected chi connectivity index (χ1v) is 16.0. The van der Waals surface area contributed by atoms with Gasteiger partial charge in [-0.25, -0.2) is 8.42 Å². The fourth-order valence-corrected chi connectivity index (χ4v) is 6.34. The predicted molar refractivity (Wildman–Crippen MR) is 173 cm³/mol. The third-order valence-corrected chi connectivity index (χ3v) is 8.94. The molecule has 0 saturated carbocycles. The van der Waals surface area contributed by atoms with Gasteiger partial charge in [0.15, 0.2) is 0 Å². The monoisotopic (exact) mass is 633 g/mol. The van der Waals surface area contributed by atoms with Crippen molar-refractivity contribution in [3.63, 3.8) is 0 Å². The summed E-state index contributed by atoms with van der Waals surface area (Å²) in [6.45, 7) is 3.22. The molecule has 44 heavy (non-hydrogen) atoms. The van der Waals surface area contributed by atoms with E-state index in [1.165, 1.54) is 30.2 Å². The van der Waals surface area contributed by atoms with Crippen LogP contribution in [0.2, 0.25) is 5.02 Å². The molecule has 0 heterocycles. The second-order valence-corrected chi connectivity index (χ2v) is 12.8.